The molecule has 2 rings (SSSR count). The van der Waals surface area contributed by atoms with Gasteiger partial charge in [-0.2, -0.15) is 0 Å². The van der Waals surface area contributed by atoms with Crippen LogP contribution >= 0.6 is 0 Å². The van der Waals surface area contributed by atoms with Crippen molar-refractivity contribution in [2.75, 3.05) is 44.0 Å². The molecule has 2 amide bonds. The molecule has 2 aromatic carbocycles. The summed E-state index contributed by atoms with van der Waals surface area (Å²) in [5.41, 5.74) is 1.87. The van der Waals surface area contributed by atoms with Crippen molar-refractivity contribution in [3.63, 3.8) is 0 Å². The van der Waals surface area contributed by atoms with Crippen LogP contribution < -0.4 is 20.7 Å². The quantitative estimate of drug-likeness (QED) is 0.410. The zero-order valence-electron chi connectivity index (χ0n) is 15.9. The Morgan fingerprint density at radius 2 is 1.86 bits per heavy atom. The number of methoxy groups -OCH3 is 1. The standard InChI is InChI=1S/C21H25N3O4/c1-3-13-28-19-7-5-4-6-18(19)24-20(25)15-23-17-10-8-16(9-11-17)21(26)22-12-14-27-2/h3-11,23H,1,12-15H2,2H3,(H,22,26)(H,24,25). The zero-order valence-corrected chi connectivity index (χ0v) is 15.9. The van der Waals surface area contributed by atoms with Gasteiger partial charge in [0.25, 0.3) is 5.91 Å². The summed E-state index contributed by atoms with van der Waals surface area (Å²) in [6.45, 7) is 4.96. The predicted octanol–water partition coefficient (Wildman–Crippen LogP) is 2.68. The van der Waals surface area contributed by atoms with Crippen LogP contribution in [-0.4, -0.2) is 45.2 Å². The first-order valence-corrected chi connectivity index (χ1v) is 8.87. The van der Waals surface area contributed by atoms with Crippen molar-refractivity contribution in [1.29, 1.82) is 0 Å². The van der Waals surface area contributed by atoms with E-state index in [0.29, 0.717) is 36.8 Å². The molecule has 28 heavy (non-hydrogen) atoms. The van der Waals surface area contributed by atoms with Gasteiger partial charge in [0.2, 0.25) is 5.91 Å². The predicted molar refractivity (Wildman–Crippen MR) is 110 cm³/mol. The highest BCUT2D eigenvalue weighted by atomic mass is 16.5. The first kappa shape index (κ1) is 21.0. The molecular formula is C21H25N3O4. The number of hydrogen-bond acceptors (Lipinski definition) is 5. The number of para-hydroxylation sites is 2. The molecule has 2 aromatic rings. The van der Waals surface area contributed by atoms with Gasteiger partial charge in [-0.15, -0.1) is 0 Å². The Bertz CT molecular complexity index is 790. The molecule has 0 saturated carbocycles. The van der Waals surface area contributed by atoms with E-state index in [2.05, 4.69) is 22.5 Å². The Kier molecular flexibility index (Phi) is 8.55. The fraction of sp³-hybridized carbons (Fsp3) is 0.238. The molecule has 0 spiro atoms. The summed E-state index contributed by atoms with van der Waals surface area (Å²) in [5, 5.41) is 8.59. The van der Waals surface area contributed by atoms with Crippen LogP contribution in [0.4, 0.5) is 11.4 Å². The minimum atomic E-state index is -0.212. The van der Waals surface area contributed by atoms with E-state index in [9.17, 15) is 9.59 Å². The second kappa shape index (κ2) is 11.4. The van der Waals surface area contributed by atoms with Gasteiger partial charge in [0, 0.05) is 24.9 Å². The fourth-order valence-electron chi connectivity index (χ4n) is 2.33. The first-order chi connectivity index (χ1) is 13.6. The summed E-state index contributed by atoms with van der Waals surface area (Å²) in [4.78, 5) is 24.1. The van der Waals surface area contributed by atoms with Crippen molar-refractivity contribution < 1.29 is 19.1 Å². The van der Waals surface area contributed by atoms with Gasteiger partial charge < -0.3 is 25.4 Å². The molecule has 3 N–H and O–H groups in total. The summed E-state index contributed by atoms with van der Waals surface area (Å²) in [6, 6.07) is 14.1. The third-order valence-corrected chi connectivity index (χ3v) is 3.71. The number of hydrogen-bond donors (Lipinski definition) is 3. The van der Waals surface area contributed by atoms with E-state index in [-0.39, 0.29) is 18.4 Å². The van der Waals surface area contributed by atoms with Crippen LogP contribution in [0.2, 0.25) is 0 Å². The number of nitrogens with one attached hydrogen (secondary N) is 3. The van der Waals surface area contributed by atoms with Gasteiger partial charge in [0.05, 0.1) is 18.8 Å². The molecule has 0 aromatic heterocycles. The largest absolute Gasteiger partial charge is 0.487 e. The fourth-order valence-corrected chi connectivity index (χ4v) is 2.33. The Morgan fingerprint density at radius 1 is 1.11 bits per heavy atom. The molecule has 0 unspecified atom stereocenters. The van der Waals surface area contributed by atoms with Crippen molar-refractivity contribution >= 4 is 23.2 Å². The molecule has 0 aliphatic rings. The molecule has 0 radical (unpaired) electrons. The Balaban J connectivity index is 1.84. The molecule has 0 bridgehead atoms. The van der Waals surface area contributed by atoms with Gasteiger partial charge in [-0.05, 0) is 36.4 Å². The van der Waals surface area contributed by atoms with Crippen LogP contribution in [0.15, 0.2) is 61.2 Å². The van der Waals surface area contributed by atoms with Gasteiger partial charge in [-0.1, -0.05) is 24.8 Å². The van der Waals surface area contributed by atoms with Crippen LogP contribution in [0.25, 0.3) is 0 Å². The van der Waals surface area contributed by atoms with Gasteiger partial charge in [-0.25, -0.2) is 0 Å². The monoisotopic (exact) mass is 383 g/mol. The van der Waals surface area contributed by atoms with E-state index >= 15 is 0 Å². The molecule has 7 nitrogen and oxygen atoms in total. The van der Waals surface area contributed by atoms with Crippen molar-refractivity contribution in [3.05, 3.63) is 66.7 Å². The highest BCUT2D eigenvalue weighted by molar-refractivity contribution is 5.96. The van der Waals surface area contributed by atoms with E-state index < -0.39 is 0 Å². The first-order valence-electron chi connectivity index (χ1n) is 8.87. The lowest BCUT2D eigenvalue weighted by Gasteiger charge is -2.12. The number of anilines is 2. The Labute approximate surface area is 164 Å². The molecule has 0 fully saturated rings. The van der Waals surface area contributed by atoms with E-state index in [0.717, 1.165) is 5.69 Å². The maximum absolute atomic E-state index is 12.2. The highest BCUT2D eigenvalue weighted by Crippen LogP contribution is 2.23. The lowest BCUT2D eigenvalue weighted by Crippen LogP contribution is -2.26. The second-order valence-corrected chi connectivity index (χ2v) is 5.82. The smallest absolute Gasteiger partial charge is 0.251 e. The van der Waals surface area contributed by atoms with Crippen LogP contribution in [0.1, 0.15) is 10.4 Å². The third-order valence-electron chi connectivity index (χ3n) is 3.71. The number of carbonyl (C=O) groups excluding carboxylic acids is 2. The zero-order chi connectivity index (χ0) is 20.2. The van der Waals surface area contributed by atoms with Crippen LogP contribution in [0, 0.1) is 0 Å². The number of amides is 2. The molecule has 0 heterocycles. The molecule has 148 valence electrons. The summed E-state index contributed by atoms with van der Waals surface area (Å²) in [6.07, 6.45) is 1.64. The summed E-state index contributed by atoms with van der Waals surface area (Å²) >= 11 is 0. The van der Waals surface area contributed by atoms with Crippen molar-refractivity contribution in [2.24, 2.45) is 0 Å². The van der Waals surface area contributed by atoms with E-state index in [1.165, 1.54) is 0 Å². The topological polar surface area (TPSA) is 88.7 Å². The maximum atomic E-state index is 12.2. The Hall–Kier alpha value is -3.32. The summed E-state index contributed by atoms with van der Waals surface area (Å²) in [5.74, 6) is 0.202. The van der Waals surface area contributed by atoms with Gasteiger partial charge in [0.15, 0.2) is 0 Å². The lowest BCUT2D eigenvalue weighted by atomic mass is 10.2. The number of benzene rings is 2. The van der Waals surface area contributed by atoms with Crippen LogP contribution in [-0.2, 0) is 9.53 Å². The molecular weight excluding hydrogens is 358 g/mol. The van der Waals surface area contributed by atoms with Crippen LogP contribution in [0.5, 0.6) is 5.75 Å². The third kappa shape index (κ3) is 6.77. The second-order valence-electron chi connectivity index (χ2n) is 5.82. The normalized spacial score (nSPS) is 10.0. The van der Waals surface area contributed by atoms with Gasteiger partial charge in [0.1, 0.15) is 12.4 Å². The lowest BCUT2D eigenvalue weighted by molar-refractivity contribution is -0.114. The molecule has 0 aliphatic carbocycles. The molecule has 7 heteroatoms. The summed E-state index contributed by atoms with van der Waals surface area (Å²) in [7, 11) is 1.58. The van der Waals surface area contributed by atoms with Crippen molar-refractivity contribution in [2.45, 2.75) is 0 Å². The van der Waals surface area contributed by atoms with Gasteiger partial charge in [-0.3, -0.25) is 9.59 Å². The highest BCUT2D eigenvalue weighted by Gasteiger charge is 2.08. The number of carbonyl (C=O) groups is 2. The minimum Gasteiger partial charge on any atom is -0.487 e. The maximum Gasteiger partial charge on any atom is 0.251 e. The van der Waals surface area contributed by atoms with Crippen molar-refractivity contribution in [1.82, 2.24) is 5.32 Å². The minimum absolute atomic E-state index is 0.0785. The van der Waals surface area contributed by atoms with E-state index in [4.69, 9.17) is 9.47 Å². The van der Waals surface area contributed by atoms with E-state index in [1.54, 1.807) is 49.6 Å². The average Bonchev–Trinajstić information content (AvgIpc) is 2.72. The molecule has 0 aliphatic heterocycles. The van der Waals surface area contributed by atoms with Crippen LogP contribution in [0.3, 0.4) is 0 Å². The Morgan fingerprint density at radius 3 is 2.57 bits per heavy atom. The SMILES string of the molecule is C=CCOc1ccccc1NC(=O)CNc1ccc(C(=O)NCCOC)cc1. The van der Waals surface area contributed by atoms with E-state index in [1.807, 2.05) is 12.1 Å². The average molecular weight is 383 g/mol. The van der Waals surface area contributed by atoms with Crippen molar-refractivity contribution in [3.8, 4) is 5.75 Å². The van der Waals surface area contributed by atoms with Gasteiger partial charge >= 0.3 is 0 Å². The molecule has 0 atom stereocenters. The molecule has 0 saturated heterocycles. The summed E-state index contributed by atoms with van der Waals surface area (Å²) < 4.78 is 10.4. The number of rotatable bonds is 11. The number of ether oxygens (including phenoxy) is 2.